The lowest BCUT2D eigenvalue weighted by Crippen LogP contribution is -2.68. The second kappa shape index (κ2) is 12.1. The molecular weight excluding hydrogens is 524 g/mol. The quantitative estimate of drug-likeness (QED) is 0.279. The zero-order chi connectivity index (χ0) is 29.8. The lowest BCUT2D eigenvalue weighted by Gasteiger charge is -2.47. The number of nitrogens with zero attached hydrogens (tertiary/aromatic N) is 4. The Labute approximate surface area is 233 Å². The highest BCUT2D eigenvalue weighted by Crippen LogP contribution is 2.32. The molecule has 0 radical (unpaired) electrons. The average Bonchev–Trinajstić information content (AvgIpc) is 3.69. The molecule has 13 heteroatoms. The third kappa shape index (κ3) is 8.06. The maximum Gasteiger partial charge on any atom is 0.415 e. The Morgan fingerprint density at radius 3 is 1.90 bits per heavy atom. The fraction of sp³-hybridized carbons (Fsp3) is 0.630. The number of methoxy groups -OCH3 is 1. The first-order valence-corrected chi connectivity index (χ1v) is 13.1. The van der Waals surface area contributed by atoms with Gasteiger partial charge in [0.05, 0.1) is 13.2 Å². The fourth-order valence-electron chi connectivity index (χ4n) is 4.27. The Morgan fingerprint density at radius 2 is 1.43 bits per heavy atom. The van der Waals surface area contributed by atoms with Crippen molar-refractivity contribution in [3.8, 4) is 5.75 Å². The maximum atomic E-state index is 13.3. The van der Waals surface area contributed by atoms with Crippen LogP contribution in [-0.2, 0) is 19.0 Å². The van der Waals surface area contributed by atoms with E-state index in [1.54, 1.807) is 41.5 Å². The molecule has 1 aliphatic heterocycles. The Kier molecular flexibility index (Phi) is 9.26. The molecule has 1 aliphatic carbocycles. The van der Waals surface area contributed by atoms with E-state index >= 15 is 0 Å². The highest BCUT2D eigenvalue weighted by atomic mass is 16.6. The van der Waals surface area contributed by atoms with Crippen molar-refractivity contribution >= 4 is 29.9 Å². The summed E-state index contributed by atoms with van der Waals surface area (Å²) in [5.41, 5.74) is -1.49. The van der Waals surface area contributed by atoms with Gasteiger partial charge in [0.25, 0.3) is 0 Å². The van der Waals surface area contributed by atoms with Crippen LogP contribution in [0.1, 0.15) is 54.4 Å². The summed E-state index contributed by atoms with van der Waals surface area (Å²) in [5.74, 6) is -0.583. The largest absolute Gasteiger partial charge is 0.467 e. The molecule has 0 N–H and O–H groups in total. The average molecular weight is 563 g/mol. The summed E-state index contributed by atoms with van der Waals surface area (Å²) in [5, 5.41) is 2.83. The van der Waals surface area contributed by atoms with Crippen molar-refractivity contribution in [3.05, 3.63) is 29.2 Å². The predicted molar refractivity (Wildman–Crippen MR) is 143 cm³/mol. The second-order valence-corrected chi connectivity index (χ2v) is 11.7. The van der Waals surface area contributed by atoms with Crippen molar-refractivity contribution in [2.45, 2.75) is 83.7 Å². The molecule has 1 saturated heterocycles. The maximum absolute atomic E-state index is 13.3. The minimum atomic E-state index is -1.28. The molecule has 3 rings (SSSR count). The van der Waals surface area contributed by atoms with Crippen LogP contribution in [0.2, 0.25) is 0 Å². The number of hydrogen-bond acceptors (Lipinski definition) is 10. The normalized spacial score (nSPS) is 19.4. The smallest absolute Gasteiger partial charge is 0.415 e. The van der Waals surface area contributed by atoms with Crippen molar-refractivity contribution in [1.29, 1.82) is 0 Å². The van der Waals surface area contributed by atoms with E-state index in [1.807, 2.05) is 0 Å². The van der Waals surface area contributed by atoms with Crippen molar-refractivity contribution < 1.29 is 38.1 Å². The number of piperazine rings is 1. The molecule has 2 atom stereocenters. The number of carbonyl (C=O) groups excluding carboxylic acids is 4. The first kappa shape index (κ1) is 30.6. The highest BCUT2D eigenvalue weighted by molar-refractivity contribution is 5.84. The van der Waals surface area contributed by atoms with Gasteiger partial charge in [0.2, 0.25) is 0 Å². The molecule has 0 spiro atoms. The number of benzene rings is 1. The minimum absolute atomic E-state index is 0.0184. The molecule has 13 nitrogen and oxygen atoms in total. The summed E-state index contributed by atoms with van der Waals surface area (Å²) in [4.78, 5) is 67.7. The van der Waals surface area contributed by atoms with Gasteiger partial charge in [-0.3, -0.25) is 9.80 Å². The third-order valence-electron chi connectivity index (χ3n) is 6.13. The van der Waals surface area contributed by atoms with Crippen LogP contribution in [0.15, 0.2) is 29.4 Å². The number of nitroso groups, excluding NO2 is 1. The molecule has 1 unspecified atom stereocenters. The fourth-order valence-corrected chi connectivity index (χ4v) is 4.27. The first-order valence-electron chi connectivity index (χ1n) is 13.1. The highest BCUT2D eigenvalue weighted by Gasteiger charge is 2.50. The van der Waals surface area contributed by atoms with Gasteiger partial charge in [-0.2, -0.15) is 0 Å². The lowest BCUT2D eigenvalue weighted by atomic mass is 10.0. The van der Waals surface area contributed by atoms with Crippen LogP contribution in [-0.4, -0.2) is 95.0 Å². The van der Waals surface area contributed by atoms with Gasteiger partial charge in [0.15, 0.2) is 6.04 Å². The number of carbonyl (C=O) groups is 4. The zero-order valence-electron chi connectivity index (χ0n) is 24.0. The van der Waals surface area contributed by atoms with Crippen molar-refractivity contribution in [2.75, 3.05) is 26.7 Å². The number of esters is 1. The monoisotopic (exact) mass is 562 g/mol. The first-order chi connectivity index (χ1) is 18.6. The Bertz CT molecular complexity index is 1110. The lowest BCUT2D eigenvalue weighted by molar-refractivity contribution is -0.152. The van der Waals surface area contributed by atoms with E-state index in [0.717, 1.165) is 0 Å². The predicted octanol–water partition coefficient (Wildman–Crippen LogP) is 4.45. The van der Waals surface area contributed by atoms with Crippen molar-refractivity contribution in [2.24, 2.45) is 5.18 Å². The molecule has 40 heavy (non-hydrogen) atoms. The van der Waals surface area contributed by atoms with Gasteiger partial charge in [-0.25, -0.2) is 19.2 Å². The standard InChI is InChI=1S/C27H38N4O9/c1-26(2,3)39-24(34)29-14-15-30(25(35)40-27(4,5)6)21(22(32)37-7)20(29)16-31(18-10-11-18)23(33)38-19-12-8-17(28-36)9-13-19/h8-9,12-13,18,20-21H,10-11,14-16H2,1-7H3/t20-,21?/m0/s1. The van der Waals surface area contributed by atoms with Gasteiger partial charge >= 0.3 is 24.2 Å². The zero-order valence-corrected chi connectivity index (χ0v) is 24.0. The Balaban J connectivity index is 1.96. The SMILES string of the molecule is COC(=O)C1[C@H](CN(C(=O)Oc2ccc(N=O)cc2)C2CC2)N(C(=O)OC(C)(C)C)CCN1C(=O)OC(C)(C)C. The minimum Gasteiger partial charge on any atom is -0.467 e. The van der Waals surface area contributed by atoms with Crippen LogP contribution in [0.4, 0.5) is 20.1 Å². The Morgan fingerprint density at radius 1 is 0.900 bits per heavy atom. The van der Waals surface area contributed by atoms with Crippen LogP contribution < -0.4 is 4.74 Å². The van der Waals surface area contributed by atoms with E-state index in [0.29, 0.717) is 12.8 Å². The number of rotatable bonds is 6. The van der Waals surface area contributed by atoms with Crippen molar-refractivity contribution in [1.82, 2.24) is 14.7 Å². The topological polar surface area (TPSA) is 144 Å². The molecule has 2 fully saturated rings. The molecule has 0 bridgehead atoms. The number of hydrogen-bond donors (Lipinski definition) is 0. The van der Waals surface area contributed by atoms with Crippen LogP contribution in [0, 0.1) is 4.91 Å². The van der Waals surface area contributed by atoms with Gasteiger partial charge in [-0.15, -0.1) is 4.91 Å². The summed E-state index contributed by atoms with van der Waals surface area (Å²) in [6, 6.07) is 3.19. The van der Waals surface area contributed by atoms with E-state index in [9.17, 15) is 24.1 Å². The summed E-state index contributed by atoms with van der Waals surface area (Å²) in [7, 11) is 1.18. The summed E-state index contributed by atoms with van der Waals surface area (Å²) >= 11 is 0. The number of amides is 3. The molecule has 2 aliphatic rings. The van der Waals surface area contributed by atoms with Gasteiger partial charge < -0.3 is 23.8 Å². The van der Waals surface area contributed by atoms with E-state index in [-0.39, 0.29) is 37.1 Å². The summed E-state index contributed by atoms with van der Waals surface area (Å²) in [6.45, 7) is 10.1. The molecule has 0 aromatic heterocycles. The molecule has 3 amide bonds. The Hall–Kier alpha value is -3.90. The summed E-state index contributed by atoms with van der Waals surface area (Å²) in [6.07, 6.45) is -0.768. The van der Waals surface area contributed by atoms with Gasteiger partial charge in [-0.05, 0) is 83.8 Å². The molecule has 1 saturated carbocycles. The van der Waals surface area contributed by atoms with Crippen molar-refractivity contribution in [3.63, 3.8) is 0 Å². The van der Waals surface area contributed by atoms with E-state index in [4.69, 9.17) is 18.9 Å². The van der Waals surface area contributed by atoms with Crippen LogP contribution >= 0.6 is 0 Å². The summed E-state index contributed by atoms with van der Waals surface area (Å²) < 4.78 is 21.8. The number of ether oxygens (including phenoxy) is 4. The van der Waals surface area contributed by atoms with Crippen LogP contribution in [0.5, 0.6) is 5.75 Å². The van der Waals surface area contributed by atoms with Gasteiger partial charge in [0.1, 0.15) is 22.6 Å². The molecule has 1 aromatic rings. The molecule has 220 valence electrons. The van der Waals surface area contributed by atoms with Crippen LogP contribution in [0.25, 0.3) is 0 Å². The molecular formula is C27H38N4O9. The van der Waals surface area contributed by atoms with Gasteiger partial charge in [0, 0.05) is 25.7 Å². The third-order valence-corrected chi connectivity index (χ3v) is 6.13. The molecule has 1 aromatic carbocycles. The molecule has 1 heterocycles. The van der Waals surface area contributed by atoms with Gasteiger partial charge in [-0.1, -0.05) is 0 Å². The van der Waals surface area contributed by atoms with E-state index in [2.05, 4.69) is 5.18 Å². The second-order valence-electron chi connectivity index (χ2n) is 11.7. The van der Waals surface area contributed by atoms with E-state index < -0.39 is 47.5 Å². The van der Waals surface area contributed by atoms with Crippen LogP contribution in [0.3, 0.4) is 0 Å². The van der Waals surface area contributed by atoms with E-state index in [1.165, 1.54) is 46.1 Å².